The number of allylic oxidation sites excluding steroid dienone is 2. The minimum absolute atomic E-state index is 0.120. The Labute approximate surface area is 106 Å². The van der Waals surface area contributed by atoms with Crippen molar-refractivity contribution < 1.29 is 5.11 Å². The van der Waals surface area contributed by atoms with Gasteiger partial charge in [0.15, 0.2) is 0 Å². The fraction of sp³-hybridized carbons (Fsp3) is 0.231. The molecule has 1 aromatic carbocycles. The van der Waals surface area contributed by atoms with E-state index in [1.165, 1.54) is 0 Å². The number of hydrogen-bond donors (Lipinski definition) is 4. The van der Waals surface area contributed by atoms with Crippen molar-refractivity contribution >= 4 is 17.1 Å². The van der Waals surface area contributed by atoms with Crippen LogP contribution in [0.2, 0.25) is 0 Å². The van der Waals surface area contributed by atoms with E-state index in [2.05, 4.69) is 10.5 Å². The summed E-state index contributed by atoms with van der Waals surface area (Å²) >= 11 is 0. The predicted octanol–water partition coefficient (Wildman–Crippen LogP) is 2.06. The van der Waals surface area contributed by atoms with Crippen LogP contribution in [0.4, 0.5) is 5.69 Å². The van der Waals surface area contributed by atoms with Gasteiger partial charge < -0.3 is 16.2 Å². The van der Waals surface area contributed by atoms with Gasteiger partial charge in [-0.05, 0) is 24.6 Å². The molecule has 2 rings (SSSR count). The van der Waals surface area contributed by atoms with Gasteiger partial charge in [0.05, 0.1) is 11.4 Å². The zero-order valence-electron chi connectivity index (χ0n) is 10.1. The predicted molar refractivity (Wildman–Crippen MR) is 72.9 cm³/mol. The fourth-order valence-corrected chi connectivity index (χ4v) is 1.70. The highest BCUT2D eigenvalue weighted by Gasteiger charge is 2.19. The van der Waals surface area contributed by atoms with Crippen molar-refractivity contribution in [3.8, 4) is 5.75 Å². The molecule has 5 N–H and O–H groups in total. The first-order valence-electron chi connectivity index (χ1n) is 5.74. The maximum Gasteiger partial charge on any atom is 0.140 e. The van der Waals surface area contributed by atoms with Crippen molar-refractivity contribution in [3.63, 3.8) is 0 Å². The summed E-state index contributed by atoms with van der Waals surface area (Å²) in [5.41, 5.74) is 10.8. The summed E-state index contributed by atoms with van der Waals surface area (Å²) in [5, 5.41) is 21.5. The molecule has 0 aliphatic heterocycles. The van der Waals surface area contributed by atoms with E-state index < -0.39 is 0 Å². The highest BCUT2D eigenvalue weighted by Crippen LogP contribution is 2.22. The molecule has 0 amide bonds. The van der Waals surface area contributed by atoms with Gasteiger partial charge in [-0.25, -0.2) is 0 Å². The summed E-state index contributed by atoms with van der Waals surface area (Å²) in [6.45, 7) is 1.98. The Bertz CT molecular complexity index is 534. The average molecular weight is 244 g/mol. The third kappa shape index (κ3) is 2.51. The Balaban J connectivity index is 2.20. The maximum absolute atomic E-state index is 9.57. The second-order valence-electron chi connectivity index (χ2n) is 4.35. The van der Waals surface area contributed by atoms with E-state index in [4.69, 9.17) is 11.1 Å². The van der Waals surface area contributed by atoms with Gasteiger partial charge in [-0.2, -0.15) is 5.10 Å². The molecule has 0 heterocycles. The average Bonchev–Trinajstić information content (AvgIpc) is 2.34. The van der Waals surface area contributed by atoms with E-state index in [1.807, 2.05) is 6.92 Å². The maximum atomic E-state index is 9.57. The normalized spacial score (nSPS) is 21.8. The molecule has 0 radical (unpaired) electrons. The number of phenols is 1. The van der Waals surface area contributed by atoms with E-state index in [1.54, 1.807) is 30.3 Å². The smallest absolute Gasteiger partial charge is 0.140 e. The molecule has 0 spiro atoms. The Morgan fingerprint density at radius 2 is 2.17 bits per heavy atom. The second-order valence-corrected chi connectivity index (χ2v) is 4.35. The van der Waals surface area contributed by atoms with Crippen LogP contribution in [0.1, 0.15) is 13.3 Å². The highest BCUT2D eigenvalue weighted by atomic mass is 16.3. The van der Waals surface area contributed by atoms with E-state index in [0.717, 1.165) is 5.70 Å². The molecule has 1 aliphatic rings. The molecule has 5 nitrogen and oxygen atoms in total. The van der Waals surface area contributed by atoms with Gasteiger partial charge in [0.1, 0.15) is 11.5 Å². The van der Waals surface area contributed by atoms with Gasteiger partial charge in [-0.3, -0.25) is 5.43 Å². The molecule has 1 aliphatic carbocycles. The van der Waals surface area contributed by atoms with E-state index in [0.29, 0.717) is 23.5 Å². The lowest BCUT2D eigenvalue weighted by Gasteiger charge is -2.19. The standard InChI is InChI=1S/C13H16N4O/c1-8-6-10(15)12(7-9(8)14)17-16-11-4-2-3-5-13(11)18/h2-5,7-8,15-16,18H,6,14H2,1H3. The molecular formula is C13H16N4O. The summed E-state index contributed by atoms with van der Waals surface area (Å²) < 4.78 is 0. The molecule has 1 aromatic rings. The first-order valence-corrected chi connectivity index (χ1v) is 5.74. The number of aromatic hydroxyl groups is 1. The fourth-order valence-electron chi connectivity index (χ4n) is 1.70. The van der Waals surface area contributed by atoms with Crippen LogP contribution in [0, 0.1) is 11.3 Å². The van der Waals surface area contributed by atoms with Crippen molar-refractivity contribution in [3.05, 3.63) is 36.0 Å². The summed E-state index contributed by atoms with van der Waals surface area (Å²) in [4.78, 5) is 0. The van der Waals surface area contributed by atoms with Gasteiger partial charge in [0.25, 0.3) is 0 Å². The minimum Gasteiger partial charge on any atom is -0.506 e. The van der Waals surface area contributed by atoms with Crippen LogP contribution >= 0.6 is 0 Å². The van der Waals surface area contributed by atoms with Crippen molar-refractivity contribution in [2.24, 2.45) is 16.8 Å². The van der Waals surface area contributed by atoms with E-state index >= 15 is 0 Å². The largest absolute Gasteiger partial charge is 0.506 e. The minimum atomic E-state index is 0.120. The number of para-hydroxylation sites is 2. The number of rotatable bonds is 2. The van der Waals surface area contributed by atoms with E-state index in [-0.39, 0.29) is 11.7 Å². The molecule has 18 heavy (non-hydrogen) atoms. The lowest BCUT2D eigenvalue weighted by molar-refractivity contribution is 0.477. The molecule has 0 saturated carbocycles. The van der Waals surface area contributed by atoms with Crippen LogP contribution < -0.4 is 11.2 Å². The molecule has 5 heteroatoms. The molecule has 1 unspecified atom stereocenters. The van der Waals surface area contributed by atoms with Crippen molar-refractivity contribution in [2.75, 3.05) is 5.43 Å². The highest BCUT2D eigenvalue weighted by molar-refractivity contribution is 6.46. The monoisotopic (exact) mass is 244 g/mol. The third-order valence-corrected chi connectivity index (χ3v) is 2.89. The summed E-state index contributed by atoms with van der Waals surface area (Å²) in [6.07, 6.45) is 2.28. The SMILES string of the molecule is CC1CC(=N)C(=NNc2ccccc2O)C=C1N. The van der Waals surface area contributed by atoms with E-state index in [9.17, 15) is 5.11 Å². The van der Waals surface area contributed by atoms with Crippen molar-refractivity contribution in [1.29, 1.82) is 5.41 Å². The van der Waals surface area contributed by atoms with Crippen LogP contribution in [0.25, 0.3) is 0 Å². The quantitative estimate of drug-likeness (QED) is 0.473. The lowest BCUT2D eigenvalue weighted by atomic mass is 9.92. The van der Waals surface area contributed by atoms with Crippen LogP contribution in [0.5, 0.6) is 5.75 Å². The first kappa shape index (κ1) is 12.2. The van der Waals surface area contributed by atoms with Crippen LogP contribution in [0.3, 0.4) is 0 Å². The van der Waals surface area contributed by atoms with Crippen molar-refractivity contribution in [2.45, 2.75) is 13.3 Å². The number of benzene rings is 1. The third-order valence-electron chi connectivity index (χ3n) is 2.89. The summed E-state index contributed by atoms with van der Waals surface area (Å²) in [7, 11) is 0. The van der Waals surface area contributed by atoms with Gasteiger partial charge in [-0.15, -0.1) is 0 Å². The molecule has 0 saturated heterocycles. The Kier molecular flexibility index (Phi) is 3.32. The first-order chi connectivity index (χ1) is 8.58. The van der Waals surface area contributed by atoms with Crippen LogP contribution in [-0.4, -0.2) is 16.5 Å². The Morgan fingerprint density at radius 3 is 2.89 bits per heavy atom. The number of anilines is 1. The van der Waals surface area contributed by atoms with Crippen LogP contribution in [0.15, 0.2) is 41.1 Å². The topological polar surface area (TPSA) is 94.5 Å². The van der Waals surface area contributed by atoms with Crippen LogP contribution in [-0.2, 0) is 0 Å². The molecule has 0 bridgehead atoms. The molecule has 0 aromatic heterocycles. The van der Waals surface area contributed by atoms with Gasteiger partial charge in [-0.1, -0.05) is 19.1 Å². The summed E-state index contributed by atoms with van der Waals surface area (Å²) in [6, 6.07) is 6.80. The number of hydrazone groups is 1. The summed E-state index contributed by atoms with van der Waals surface area (Å²) in [5.74, 6) is 0.302. The number of nitrogens with one attached hydrogen (secondary N) is 2. The van der Waals surface area contributed by atoms with Crippen molar-refractivity contribution in [1.82, 2.24) is 0 Å². The molecule has 94 valence electrons. The van der Waals surface area contributed by atoms with Gasteiger partial charge >= 0.3 is 0 Å². The second kappa shape index (κ2) is 4.91. The van der Waals surface area contributed by atoms with Gasteiger partial charge in [0.2, 0.25) is 0 Å². The number of nitrogens with two attached hydrogens (primary N) is 1. The number of phenolic OH excluding ortho intramolecular Hbond substituents is 1. The lowest BCUT2D eigenvalue weighted by Crippen LogP contribution is -2.26. The molecular weight excluding hydrogens is 228 g/mol. The Morgan fingerprint density at radius 1 is 1.44 bits per heavy atom. The zero-order chi connectivity index (χ0) is 13.1. The Hall–Kier alpha value is -2.30. The number of nitrogens with zero attached hydrogens (tertiary/aromatic N) is 1. The molecule has 0 fully saturated rings. The zero-order valence-corrected chi connectivity index (χ0v) is 10.1. The number of hydrogen-bond acceptors (Lipinski definition) is 5. The van der Waals surface area contributed by atoms with Gasteiger partial charge in [0, 0.05) is 11.6 Å². The molecule has 1 atom stereocenters.